The first-order valence-corrected chi connectivity index (χ1v) is 7.87. The second kappa shape index (κ2) is 5.67. The normalized spacial score (nSPS) is 22.5. The predicted octanol–water partition coefficient (Wildman–Crippen LogP) is 5.17. The first-order valence-electron chi connectivity index (χ1n) is 6.45. The van der Waals surface area contributed by atoms with E-state index in [0.717, 1.165) is 0 Å². The molecule has 1 aromatic carbocycles. The van der Waals surface area contributed by atoms with E-state index in [-0.39, 0.29) is 5.38 Å². The summed E-state index contributed by atoms with van der Waals surface area (Å²) in [5.74, 6) is 3.21. The third-order valence-corrected chi connectivity index (χ3v) is 5.38. The van der Waals surface area contributed by atoms with Crippen molar-refractivity contribution in [3.05, 3.63) is 29.8 Å². The van der Waals surface area contributed by atoms with E-state index >= 15 is 0 Å². The Balaban J connectivity index is 2.10. The molecule has 2 rings (SSSR count). The topological polar surface area (TPSA) is 0 Å². The average molecular weight is 269 g/mol. The molecule has 17 heavy (non-hydrogen) atoms. The zero-order valence-electron chi connectivity index (χ0n) is 10.8. The smallest absolute Gasteiger partial charge is 0.0338 e. The largest absolute Gasteiger partial charge is 0.125 e. The molecule has 0 bridgehead atoms. The van der Waals surface area contributed by atoms with E-state index in [0.29, 0.717) is 17.8 Å². The number of fused-ring (bicyclic) bond motifs is 1. The number of thioether (sulfide) groups is 1. The van der Waals surface area contributed by atoms with Crippen molar-refractivity contribution in [1.29, 1.82) is 0 Å². The Morgan fingerprint density at radius 3 is 2.65 bits per heavy atom. The molecule has 0 nitrogen and oxygen atoms in total. The number of rotatable bonds is 4. The molecule has 1 aliphatic heterocycles. The van der Waals surface area contributed by atoms with Gasteiger partial charge in [0.25, 0.3) is 0 Å². The molecular weight excluding hydrogens is 248 g/mol. The van der Waals surface area contributed by atoms with E-state index in [1.165, 1.54) is 17.1 Å². The number of alkyl halides is 1. The molecule has 3 unspecified atom stereocenters. The van der Waals surface area contributed by atoms with E-state index in [4.69, 9.17) is 11.6 Å². The second-order valence-corrected chi connectivity index (χ2v) is 7.12. The Bertz CT molecular complexity index is 365. The molecule has 0 amide bonds. The molecule has 1 aromatic rings. The third kappa shape index (κ3) is 3.00. The molecule has 0 N–H and O–H groups in total. The molecule has 0 aromatic heterocycles. The van der Waals surface area contributed by atoms with Crippen molar-refractivity contribution >= 4 is 23.4 Å². The Labute approximate surface area is 114 Å². The lowest BCUT2D eigenvalue weighted by molar-refractivity contribution is 0.336. The molecule has 2 heteroatoms. The molecule has 94 valence electrons. The quantitative estimate of drug-likeness (QED) is 0.679. The van der Waals surface area contributed by atoms with Crippen LogP contribution in [0.25, 0.3) is 0 Å². The molecule has 1 heterocycles. The summed E-state index contributed by atoms with van der Waals surface area (Å²) in [5, 5.41) is 0.271. The van der Waals surface area contributed by atoms with Gasteiger partial charge in [-0.15, -0.1) is 23.4 Å². The van der Waals surface area contributed by atoms with Crippen molar-refractivity contribution in [2.24, 2.45) is 11.8 Å². The van der Waals surface area contributed by atoms with Crippen LogP contribution in [-0.4, -0.2) is 11.1 Å². The Hall–Kier alpha value is -0.140. The maximum absolute atomic E-state index is 6.34. The van der Waals surface area contributed by atoms with Crippen LogP contribution in [0.2, 0.25) is 0 Å². The van der Waals surface area contributed by atoms with Gasteiger partial charge in [0.15, 0.2) is 0 Å². The zero-order chi connectivity index (χ0) is 12.4. The zero-order valence-corrected chi connectivity index (χ0v) is 12.4. The van der Waals surface area contributed by atoms with Gasteiger partial charge in [0.1, 0.15) is 0 Å². The van der Waals surface area contributed by atoms with Gasteiger partial charge >= 0.3 is 0 Å². The van der Waals surface area contributed by atoms with Crippen molar-refractivity contribution in [3.63, 3.8) is 0 Å². The highest BCUT2D eigenvalue weighted by Gasteiger charge is 2.28. The summed E-state index contributed by atoms with van der Waals surface area (Å²) < 4.78 is 0. The maximum atomic E-state index is 6.34. The van der Waals surface area contributed by atoms with Gasteiger partial charge in [-0.25, -0.2) is 0 Å². The first-order chi connectivity index (χ1) is 8.09. The van der Waals surface area contributed by atoms with Crippen LogP contribution in [0, 0.1) is 11.8 Å². The fraction of sp³-hybridized carbons (Fsp3) is 0.600. The molecular formula is C15H21ClS. The Morgan fingerprint density at radius 2 is 2.00 bits per heavy atom. The highest BCUT2D eigenvalue weighted by Crippen LogP contribution is 2.44. The summed E-state index contributed by atoms with van der Waals surface area (Å²) in [6.45, 7) is 6.72. The number of halogens is 1. The van der Waals surface area contributed by atoms with Crippen LogP contribution in [0.5, 0.6) is 0 Å². The average Bonchev–Trinajstić information content (AvgIpc) is 2.68. The predicted molar refractivity (Wildman–Crippen MR) is 78.2 cm³/mol. The lowest BCUT2D eigenvalue weighted by atomic mass is 9.82. The number of hydrogen-bond acceptors (Lipinski definition) is 1. The van der Waals surface area contributed by atoms with Gasteiger partial charge in [-0.1, -0.05) is 32.0 Å². The van der Waals surface area contributed by atoms with Crippen molar-refractivity contribution in [1.82, 2.24) is 0 Å². The van der Waals surface area contributed by atoms with Crippen molar-refractivity contribution in [2.45, 2.75) is 43.4 Å². The summed E-state index contributed by atoms with van der Waals surface area (Å²) in [7, 11) is 0. The minimum absolute atomic E-state index is 0.271. The van der Waals surface area contributed by atoms with Crippen molar-refractivity contribution < 1.29 is 0 Å². The molecule has 0 saturated carbocycles. The highest BCUT2D eigenvalue weighted by molar-refractivity contribution is 7.99. The maximum Gasteiger partial charge on any atom is 0.0338 e. The first kappa shape index (κ1) is 13.3. The molecule has 0 spiro atoms. The van der Waals surface area contributed by atoms with Crippen LogP contribution in [0.3, 0.4) is 0 Å². The number of hydrogen-bond donors (Lipinski definition) is 0. The van der Waals surface area contributed by atoms with Crippen molar-refractivity contribution in [2.75, 3.05) is 5.75 Å². The minimum Gasteiger partial charge on any atom is -0.125 e. The second-order valence-electron chi connectivity index (χ2n) is 5.37. The summed E-state index contributed by atoms with van der Waals surface area (Å²) in [6, 6.07) is 8.83. The molecule has 0 radical (unpaired) electrons. The van der Waals surface area contributed by atoms with Gasteiger partial charge in [0.05, 0.1) is 0 Å². The van der Waals surface area contributed by atoms with Gasteiger partial charge in [0, 0.05) is 16.0 Å². The minimum atomic E-state index is 0.271. The van der Waals surface area contributed by atoms with Crippen LogP contribution < -0.4 is 0 Å². The Kier molecular flexibility index (Phi) is 4.43. The van der Waals surface area contributed by atoms with Gasteiger partial charge in [-0.05, 0) is 42.7 Å². The monoisotopic (exact) mass is 268 g/mol. The van der Waals surface area contributed by atoms with Crippen LogP contribution in [0.15, 0.2) is 29.2 Å². The highest BCUT2D eigenvalue weighted by atomic mass is 35.5. The van der Waals surface area contributed by atoms with E-state index in [9.17, 15) is 0 Å². The standard InChI is InChI=1S/C15H21ClS/c1-10(2)14(11(3)16)8-12-9-17-15-7-5-4-6-13(12)15/h4-7,10-12,14H,8-9H2,1-3H3. The third-order valence-electron chi connectivity index (χ3n) is 3.80. The molecule has 0 aliphatic carbocycles. The molecule has 3 atom stereocenters. The van der Waals surface area contributed by atoms with Gasteiger partial charge in [-0.3, -0.25) is 0 Å². The van der Waals surface area contributed by atoms with E-state index in [1.807, 2.05) is 11.8 Å². The van der Waals surface area contributed by atoms with E-state index < -0.39 is 0 Å². The van der Waals surface area contributed by atoms with E-state index in [1.54, 1.807) is 5.56 Å². The van der Waals surface area contributed by atoms with Crippen LogP contribution in [-0.2, 0) is 0 Å². The fourth-order valence-electron chi connectivity index (χ4n) is 2.74. The van der Waals surface area contributed by atoms with E-state index in [2.05, 4.69) is 45.0 Å². The van der Waals surface area contributed by atoms with Gasteiger partial charge in [0.2, 0.25) is 0 Å². The summed E-state index contributed by atoms with van der Waals surface area (Å²) in [6.07, 6.45) is 1.23. The summed E-state index contributed by atoms with van der Waals surface area (Å²) >= 11 is 8.34. The molecule has 1 aliphatic rings. The SMILES string of the molecule is CC(C)C(CC1CSc2ccccc21)C(C)Cl. The van der Waals surface area contributed by atoms with Crippen LogP contribution in [0.1, 0.15) is 38.7 Å². The van der Waals surface area contributed by atoms with Crippen LogP contribution >= 0.6 is 23.4 Å². The summed E-state index contributed by atoms with van der Waals surface area (Å²) in [5.41, 5.74) is 1.54. The van der Waals surface area contributed by atoms with Gasteiger partial charge < -0.3 is 0 Å². The van der Waals surface area contributed by atoms with Crippen LogP contribution in [0.4, 0.5) is 0 Å². The van der Waals surface area contributed by atoms with Crippen molar-refractivity contribution in [3.8, 4) is 0 Å². The lowest BCUT2D eigenvalue weighted by Gasteiger charge is -2.26. The number of benzene rings is 1. The summed E-state index contributed by atoms with van der Waals surface area (Å²) in [4.78, 5) is 1.47. The molecule has 0 fully saturated rings. The molecule has 0 saturated heterocycles. The lowest BCUT2D eigenvalue weighted by Crippen LogP contribution is -2.21. The van der Waals surface area contributed by atoms with Gasteiger partial charge in [-0.2, -0.15) is 0 Å². The Morgan fingerprint density at radius 1 is 1.29 bits per heavy atom. The fourth-order valence-corrected chi connectivity index (χ4v) is 4.41.